The van der Waals surface area contributed by atoms with E-state index in [4.69, 9.17) is 9.26 Å². The van der Waals surface area contributed by atoms with Crippen molar-refractivity contribution in [2.45, 2.75) is 13.0 Å². The van der Waals surface area contributed by atoms with Crippen molar-refractivity contribution in [3.8, 4) is 0 Å². The summed E-state index contributed by atoms with van der Waals surface area (Å²) >= 11 is 0. The smallest absolute Gasteiger partial charge is 0.315 e. The fraction of sp³-hybridized carbons (Fsp3) is 0.571. The van der Waals surface area contributed by atoms with Gasteiger partial charge in [0.15, 0.2) is 5.82 Å². The van der Waals surface area contributed by atoms with Crippen LogP contribution in [-0.2, 0) is 27.3 Å². The van der Waals surface area contributed by atoms with Crippen LogP contribution in [0.5, 0.6) is 0 Å². The van der Waals surface area contributed by atoms with Crippen molar-refractivity contribution in [1.82, 2.24) is 10.1 Å². The van der Waals surface area contributed by atoms with Gasteiger partial charge < -0.3 is 14.0 Å². The first-order valence-electron chi connectivity index (χ1n) is 3.63. The maximum absolute atomic E-state index is 10.8. The Hall–Kier alpha value is -1.43. The molecule has 0 atom stereocenters. The molecule has 0 fully saturated rings. The van der Waals surface area contributed by atoms with Crippen LogP contribution >= 0.6 is 0 Å². The number of hydrogen-bond donors (Lipinski definition) is 0. The molecule has 6 heteroatoms. The third-order valence-electron chi connectivity index (χ3n) is 1.31. The number of ether oxygens (including phenoxy) is 2. The Bertz CT molecular complexity index is 284. The van der Waals surface area contributed by atoms with Crippen molar-refractivity contribution < 1.29 is 18.8 Å². The minimum atomic E-state index is -0.410. The van der Waals surface area contributed by atoms with Crippen LogP contribution in [0.3, 0.4) is 0 Å². The quantitative estimate of drug-likeness (QED) is 0.613. The van der Waals surface area contributed by atoms with Crippen LogP contribution < -0.4 is 0 Å². The average molecular weight is 186 g/mol. The van der Waals surface area contributed by atoms with Crippen molar-refractivity contribution in [3.05, 3.63) is 11.7 Å². The lowest BCUT2D eigenvalue weighted by molar-refractivity contribution is -0.140. The van der Waals surface area contributed by atoms with Crippen LogP contribution in [0.25, 0.3) is 0 Å². The fourth-order valence-corrected chi connectivity index (χ4v) is 0.745. The summed E-state index contributed by atoms with van der Waals surface area (Å²) < 4.78 is 13.9. The van der Waals surface area contributed by atoms with Gasteiger partial charge in [0.1, 0.15) is 13.0 Å². The monoisotopic (exact) mass is 186 g/mol. The summed E-state index contributed by atoms with van der Waals surface area (Å²) in [6.07, 6.45) is -0.00673. The van der Waals surface area contributed by atoms with E-state index in [1.165, 1.54) is 14.2 Å². The van der Waals surface area contributed by atoms with Gasteiger partial charge in [-0.05, 0) is 0 Å². The number of carbonyl (C=O) groups excluding carboxylic acids is 1. The Morgan fingerprint density at radius 1 is 1.54 bits per heavy atom. The van der Waals surface area contributed by atoms with Crippen molar-refractivity contribution >= 4 is 5.97 Å². The van der Waals surface area contributed by atoms with E-state index >= 15 is 0 Å². The summed E-state index contributed by atoms with van der Waals surface area (Å²) in [7, 11) is 2.82. The molecular formula is C7H10N2O4. The first-order chi connectivity index (χ1) is 6.26. The molecule has 0 spiro atoms. The standard InChI is InChI=1S/C7H10N2O4/c1-11-4-5-8-6(13-9-5)3-7(10)12-2/h3-4H2,1-2H3. The topological polar surface area (TPSA) is 74.5 Å². The molecule has 72 valence electrons. The van der Waals surface area contributed by atoms with Crippen LogP contribution in [0.4, 0.5) is 0 Å². The molecule has 1 aromatic rings. The molecule has 0 radical (unpaired) electrons. The molecule has 1 aromatic heterocycles. The van der Waals surface area contributed by atoms with Crippen molar-refractivity contribution in [1.29, 1.82) is 0 Å². The minimum absolute atomic E-state index is 0.00673. The molecule has 1 heterocycles. The second-order valence-corrected chi connectivity index (χ2v) is 2.29. The maximum atomic E-state index is 10.8. The van der Waals surface area contributed by atoms with Crippen LogP contribution in [-0.4, -0.2) is 30.3 Å². The largest absolute Gasteiger partial charge is 0.469 e. The van der Waals surface area contributed by atoms with Crippen LogP contribution in [0, 0.1) is 0 Å². The molecule has 0 aromatic carbocycles. The molecule has 0 aliphatic rings. The van der Waals surface area contributed by atoms with Gasteiger partial charge in [-0.25, -0.2) is 0 Å². The molecule has 0 N–H and O–H groups in total. The van der Waals surface area contributed by atoms with Gasteiger partial charge in [0.25, 0.3) is 0 Å². The molecule has 6 nitrogen and oxygen atoms in total. The van der Waals surface area contributed by atoms with Crippen LogP contribution in [0.2, 0.25) is 0 Å². The van der Waals surface area contributed by atoms with Crippen molar-refractivity contribution in [2.75, 3.05) is 14.2 Å². The summed E-state index contributed by atoms with van der Waals surface area (Å²) in [6.45, 7) is 0.269. The van der Waals surface area contributed by atoms with E-state index in [0.717, 1.165) is 0 Å². The second-order valence-electron chi connectivity index (χ2n) is 2.29. The zero-order valence-corrected chi connectivity index (χ0v) is 7.44. The Labute approximate surface area is 74.8 Å². The van der Waals surface area contributed by atoms with Gasteiger partial charge in [0.05, 0.1) is 7.11 Å². The number of aromatic nitrogens is 2. The third-order valence-corrected chi connectivity index (χ3v) is 1.31. The van der Waals surface area contributed by atoms with Gasteiger partial charge in [0, 0.05) is 7.11 Å². The van der Waals surface area contributed by atoms with Gasteiger partial charge in [-0.3, -0.25) is 4.79 Å². The van der Waals surface area contributed by atoms with E-state index in [9.17, 15) is 4.79 Å². The van der Waals surface area contributed by atoms with Crippen molar-refractivity contribution in [3.63, 3.8) is 0 Å². The lowest BCUT2D eigenvalue weighted by Gasteiger charge is -1.91. The van der Waals surface area contributed by atoms with E-state index in [1.54, 1.807) is 0 Å². The molecule has 0 aliphatic carbocycles. The Morgan fingerprint density at radius 3 is 2.92 bits per heavy atom. The summed E-state index contributed by atoms with van der Waals surface area (Å²) in [5, 5.41) is 3.57. The van der Waals surface area contributed by atoms with Gasteiger partial charge in [0.2, 0.25) is 5.89 Å². The van der Waals surface area contributed by atoms with Crippen LogP contribution in [0.15, 0.2) is 4.52 Å². The van der Waals surface area contributed by atoms with E-state index in [0.29, 0.717) is 5.82 Å². The van der Waals surface area contributed by atoms with Gasteiger partial charge in [-0.2, -0.15) is 4.98 Å². The van der Waals surface area contributed by atoms with E-state index in [1.807, 2.05) is 0 Å². The molecule has 1 rings (SSSR count). The van der Waals surface area contributed by atoms with Crippen molar-refractivity contribution in [2.24, 2.45) is 0 Å². The molecule has 13 heavy (non-hydrogen) atoms. The molecule has 0 bridgehead atoms. The van der Waals surface area contributed by atoms with E-state index < -0.39 is 5.97 Å². The van der Waals surface area contributed by atoms with E-state index in [-0.39, 0.29) is 18.9 Å². The van der Waals surface area contributed by atoms with Gasteiger partial charge >= 0.3 is 5.97 Å². The maximum Gasteiger partial charge on any atom is 0.315 e. The normalized spacial score (nSPS) is 10.0. The number of methoxy groups -OCH3 is 2. The summed E-state index contributed by atoms with van der Waals surface area (Å²) in [6, 6.07) is 0. The van der Waals surface area contributed by atoms with Gasteiger partial charge in [-0.15, -0.1) is 0 Å². The van der Waals surface area contributed by atoms with Gasteiger partial charge in [-0.1, -0.05) is 5.16 Å². The summed E-state index contributed by atoms with van der Waals surface area (Å²) in [4.78, 5) is 14.7. The second kappa shape index (κ2) is 4.56. The molecule has 0 saturated carbocycles. The van der Waals surface area contributed by atoms with E-state index in [2.05, 4.69) is 14.9 Å². The first-order valence-corrected chi connectivity index (χ1v) is 3.63. The highest BCUT2D eigenvalue weighted by molar-refractivity contribution is 5.70. The third kappa shape index (κ3) is 2.83. The number of carbonyl (C=O) groups is 1. The Kier molecular flexibility index (Phi) is 3.39. The molecule has 0 amide bonds. The number of rotatable bonds is 4. The molecule has 0 aliphatic heterocycles. The number of esters is 1. The zero-order chi connectivity index (χ0) is 9.68. The lowest BCUT2D eigenvalue weighted by atomic mass is 10.4. The van der Waals surface area contributed by atoms with Crippen LogP contribution in [0.1, 0.15) is 11.7 Å². The lowest BCUT2D eigenvalue weighted by Crippen LogP contribution is -2.04. The summed E-state index contributed by atoms with van der Waals surface area (Å²) in [5.74, 6) is 0.243. The zero-order valence-electron chi connectivity index (χ0n) is 7.44. The fourth-order valence-electron chi connectivity index (χ4n) is 0.745. The molecule has 0 saturated heterocycles. The minimum Gasteiger partial charge on any atom is -0.469 e. The molecule has 0 unspecified atom stereocenters. The predicted octanol–water partition coefficient (Wildman–Crippen LogP) is -0.0685. The first kappa shape index (κ1) is 9.66. The Balaban J connectivity index is 2.53. The number of nitrogens with zero attached hydrogens (tertiary/aromatic N) is 2. The summed E-state index contributed by atoms with van der Waals surface area (Å²) in [5.41, 5.74) is 0. The average Bonchev–Trinajstić information content (AvgIpc) is 2.53. The molecular weight excluding hydrogens is 176 g/mol. The predicted molar refractivity (Wildman–Crippen MR) is 40.7 cm³/mol. The Morgan fingerprint density at radius 2 is 2.31 bits per heavy atom. The SMILES string of the molecule is COCc1noc(CC(=O)OC)n1. The highest BCUT2D eigenvalue weighted by Gasteiger charge is 2.10. The highest BCUT2D eigenvalue weighted by atomic mass is 16.5. The highest BCUT2D eigenvalue weighted by Crippen LogP contribution is 1.99. The number of hydrogen-bond acceptors (Lipinski definition) is 6.